The van der Waals surface area contributed by atoms with E-state index in [0.717, 1.165) is 22.3 Å². The summed E-state index contributed by atoms with van der Waals surface area (Å²) < 4.78 is 5.42. The SMILES string of the molecule is CC[C@H](CC(=O)O)NC(=O)/C=C/CNC(=O)OCC1c2ccccc2-c2ccccc21. The van der Waals surface area contributed by atoms with Gasteiger partial charge in [-0.05, 0) is 28.7 Å². The van der Waals surface area contributed by atoms with Crippen LogP contribution >= 0.6 is 0 Å². The average Bonchev–Trinajstić information content (AvgIpc) is 3.08. The predicted molar refractivity (Wildman–Crippen MR) is 117 cm³/mol. The number of aliphatic carboxylic acids is 1. The third kappa shape index (κ3) is 5.72. The number of amides is 2. The molecule has 0 bridgehead atoms. The second-order valence-electron chi connectivity index (χ2n) is 7.32. The van der Waals surface area contributed by atoms with E-state index in [1.165, 1.54) is 12.2 Å². The Morgan fingerprint density at radius 1 is 1.06 bits per heavy atom. The Hall–Kier alpha value is -3.61. The Labute approximate surface area is 181 Å². The van der Waals surface area contributed by atoms with Crippen LogP contribution in [0.25, 0.3) is 11.1 Å². The molecule has 0 unspecified atom stereocenters. The minimum atomic E-state index is -0.965. The van der Waals surface area contributed by atoms with Gasteiger partial charge in [-0.25, -0.2) is 4.79 Å². The number of alkyl carbamates (subject to hydrolysis) is 1. The highest BCUT2D eigenvalue weighted by Gasteiger charge is 2.28. The van der Waals surface area contributed by atoms with Crippen LogP contribution in [0.1, 0.15) is 36.8 Å². The summed E-state index contributed by atoms with van der Waals surface area (Å²) in [6, 6.07) is 15.8. The quantitative estimate of drug-likeness (QED) is 0.537. The van der Waals surface area contributed by atoms with Crippen molar-refractivity contribution in [1.82, 2.24) is 10.6 Å². The molecule has 31 heavy (non-hydrogen) atoms. The average molecular weight is 422 g/mol. The number of benzene rings is 2. The van der Waals surface area contributed by atoms with Gasteiger partial charge in [-0.2, -0.15) is 0 Å². The van der Waals surface area contributed by atoms with Gasteiger partial charge in [-0.1, -0.05) is 61.5 Å². The van der Waals surface area contributed by atoms with Crippen LogP contribution in [0.15, 0.2) is 60.7 Å². The zero-order valence-electron chi connectivity index (χ0n) is 17.3. The molecule has 7 nitrogen and oxygen atoms in total. The molecule has 0 fully saturated rings. The maximum atomic E-state index is 12.1. The van der Waals surface area contributed by atoms with Crippen LogP contribution < -0.4 is 10.6 Å². The standard InChI is InChI=1S/C24H26N2O5/c1-2-16(14-23(28)29)26-22(27)12-7-13-25-24(30)31-15-21-19-10-5-3-8-17(19)18-9-4-6-11-20(18)21/h3-12,16,21H,2,13-15H2,1H3,(H,25,30)(H,26,27)(H,28,29)/b12-7+/t16-/m1/s1. The van der Waals surface area contributed by atoms with Gasteiger partial charge in [0.25, 0.3) is 0 Å². The molecular formula is C24H26N2O5. The molecule has 1 atom stereocenters. The Morgan fingerprint density at radius 2 is 1.68 bits per heavy atom. The zero-order chi connectivity index (χ0) is 22.2. The van der Waals surface area contributed by atoms with Gasteiger partial charge in [0.2, 0.25) is 5.91 Å². The largest absolute Gasteiger partial charge is 0.481 e. The molecule has 3 rings (SSSR count). The lowest BCUT2D eigenvalue weighted by molar-refractivity contribution is -0.137. The normalized spacial score (nSPS) is 13.3. The van der Waals surface area contributed by atoms with Crippen molar-refractivity contribution in [2.75, 3.05) is 13.2 Å². The fourth-order valence-electron chi connectivity index (χ4n) is 3.72. The van der Waals surface area contributed by atoms with Crippen LogP contribution in [0.4, 0.5) is 4.79 Å². The second kappa shape index (κ2) is 10.4. The highest BCUT2D eigenvalue weighted by molar-refractivity contribution is 5.88. The molecule has 2 amide bonds. The van der Waals surface area contributed by atoms with E-state index in [-0.39, 0.29) is 25.5 Å². The molecule has 0 saturated heterocycles. The Morgan fingerprint density at radius 3 is 2.26 bits per heavy atom. The summed E-state index contributed by atoms with van der Waals surface area (Å²) >= 11 is 0. The van der Waals surface area contributed by atoms with Crippen LogP contribution in [0.5, 0.6) is 0 Å². The van der Waals surface area contributed by atoms with Crippen molar-refractivity contribution in [3.63, 3.8) is 0 Å². The lowest BCUT2D eigenvalue weighted by Gasteiger charge is -2.14. The van der Waals surface area contributed by atoms with Crippen LogP contribution in [0.3, 0.4) is 0 Å². The number of fused-ring (bicyclic) bond motifs is 3. The molecule has 0 aromatic heterocycles. The molecule has 7 heteroatoms. The van der Waals surface area contributed by atoms with E-state index in [0.29, 0.717) is 6.42 Å². The number of carboxylic acid groups (broad SMARTS) is 1. The van der Waals surface area contributed by atoms with Gasteiger partial charge in [0.1, 0.15) is 6.61 Å². The Bertz CT molecular complexity index is 940. The van der Waals surface area contributed by atoms with Crippen LogP contribution in [0, 0.1) is 0 Å². The minimum absolute atomic E-state index is 0.0142. The summed E-state index contributed by atoms with van der Waals surface area (Å²) in [5, 5.41) is 14.0. The van der Waals surface area contributed by atoms with Gasteiger partial charge in [-0.15, -0.1) is 0 Å². The summed E-state index contributed by atoms with van der Waals surface area (Å²) in [5.41, 5.74) is 4.60. The number of hydrogen-bond acceptors (Lipinski definition) is 4. The number of carbonyl (C=O) groups excluding carboxylic acids is 2. The minimum Gasteiger partial charge on any atom is -0.481 e. The van der Waals surface area contributed by atoms with Crippen molar-refractivity contribution in [2.24, 2.45) is 0 Å². The summed E-state index contributed by atoms with van der Waals surface area (Å²) in [5.74, 6) is -1.38. The highest BCUT2D eigenvalue weighted by atomic mass is 16.5. The zero-order valence-corrected chi connectivity index (χ0v) is 17.3. The van der Waals surface area contributed by atoms with E-state index in [2.05, 4.69) is 34.9 Å². The van der Waals surface area contributed by atoms with Crippen LogP contribution in [-0.4, -0.2) is 42.3 Å². The first-order valence-corrected chi connectivity index (χ1v) is 10.3. The molecule has 2 aromatic rings. The molecule has 2 aromatic carbocycles. The van der Waals surface area contributed by atoms with Crippen molar-refractivity contribution in [2.45, 2.75) is 31.7 Å². The summed E-state index contributed by atoms with van der Waals surface area (Å²) in [6.45, 7) is 2.15. The first kappa shape index (κ1) is 22.1. The Balaban J connectivity index is 1.46. The highest BCUT2D eigenvalue weighted by Crippen LogP contribution is 2.44. The van der Waals surface area contributed by atoms with E-state index in [1.807, 2.05) is 24.3 Å². The lowest BCUT2D eigenvalue weighted by Crippen LogP contribution is -2.35. The number of rotatable bonds is 9. The Kier molecular flexibility index (Phi) is 7.43. The summed E-state index contributed by atoms with van der Waals surface area (Å²) in [6.07, 6.45) is 2.58. The van der Waals surface area contributed by atoms with Gasteiger partial charge in [0, 0.05) is 24.6 Å². The van der Waals surface area contributed by atoms with E-state index in [1.54, 1.807) is 6.92 Å². The fraction of sp³-hybridized carbons (Fsp3) is 0.292. The number of carboxylic acids is 1. The molecular weight excluding hydrogens is 396 g/mol. The molecule has 0 radical (unpaired) electrons. The molecule has 1 aliphatic rings. The van der Waals surface area contributed by atoms with Gasteiger partial charge in [-0.3, -0.25) is 9.59 Å². The lowest BCUT2D eigenvalue weighted by atomic mass is 9.98. The number of ether oxygens (including phenoxy) is 1. The van der Waals surface area contributed by atoms with E-state index < -0.39 is 24.0 Å². The van der Waals surface area contributed by atoms with Crippen molar-refractivity contribution in [3.05, 3.63) is 71.8 Å². The molecule has 162 valence electrons. The summed E-state index contributed by atoms with van der Waals surface area (Å²) in [4.78, 5) is 34.7. The predicted octanol–water partition coefficient (Wildman–Crippen LogP) is 3.45. The molecule has 0 saturated carbocycles. The van der Waals surface area contributed by atoms with Gasteiger partial charge >= 0.3 is 12.1 Å². The van der Waals surface area contributed by atoms with Crippen LogP contribution in [-0.2, 0) is 14.3 Å². The third-order valence-electron chi connectivity index (χ3n) is 5.24. The topological polar surface area (TPSA) is 105 Å². The first-order chi connectivity index (χ1) is 15.0. The molecule has 0 aliphatic heterocycles. The van der Waals surface area contributed by atoms with E-state index in [9.17, 15) is 14.4 Å². The van der Waals surface area contributed by atoms with Crippen molar-refractivity contribution >= 4 is 18.0 Å². The second-order valence-corrected chi connectivity index (χ2v) is 7.32. The van der Waals surface area contributed by atoms with E-state index in [4.69, 9.17) is 9.84 Å². The van der Waals surface area contributed by atoms with Gasteiger partial charge in [0.05, 0.1) is 6.42 Å². The van der Waals surface area contributed by atoms with Crippen molar-refractivity contribution < 1.29 is 24.2 Å². The first-order valence-electron chi connectivity index (χ1n) is 10.3. The number of carbonyl (C=O) groups is 3. The van der Waals surface area contributed by atoms with Gasteiger partial charge in [0.15, 0.2) is 0 Å². The molecule has 0 spiro atoms. The molecule has 3 N–H and O–H groups in total. The summed E-state index contributed by atoms with van der Waals surface area (Å²) in [7, 11) is 0. The maximum absolute atomic E-state index is 12.1. The molecule has 1 aliphatic carbocycles. The number of hydrogen-bond donors (Lipinski definition) is 3. The van der Waals surface area contributed by atoms with Crippen LogP contribution in [0.2, 0.25) is 0 Å². The molecule has 0 heterocycles. The maximum Gasteiger partial charge on any atom is 0.407 e. The number of nitrogens with one attached hydrogen (secondary N) is 2. The van der Waals surface area contributed by atoms with Crippen molar-refractivity contribution in [1.29, 1.82) is 0 Å². The fourth-order valence-corrected chi connectivity index (χ4v) is 3.72. The van der Waals surface area contributed by atoms with Crippen molar-refractivity contribution in [3.8, 4) is 11.1 Å². The smallest absolute Gasteiger partial charge is 0.407 e. The van der Waals surface area contributed by atoms with E-state index >= 15 is 0 Å². The monoisotopic (exact) mass is 422 g/mol. The third-order valence-corrected chi connectivity index (χ3v) is 5.24. The van der Waals surface area contributed by atoms with Gasteiger partial charge < -0.3 is 20.5 Å².